The highest BCUT2D eigenvalue weighted by atomic mass is 19.4. The van der Waals surface area contributed by atoms with Gasteiger partial charge in [-0.1, -0.05) is 0 Å². The molecule has 5 nitrogen and oxygen atoms in total. The third-order valence-electron chi connectivity index (χ3n) is 1.93. The Morgan fingerprint density at radius 2 is 2.11 bits per heavy atom. The number of ether oxygens (including phenoxy) is 2. The molecule has 1 heterocycles. The van der Waals surface area contributed by atoms with Crippen molar-refractivity contribution in [3.8, 4) is 11.5 Å². The molecule has 1 N–H and O–H groups in total. The van der Waals surface area contributed by atoms with Gasteiger partial charge in [0.15, 0.2) is 11.5 Å². The maximum Gasteiger partial charge on any atom is 0.573 e. The van der Waals surface area contributed by atoms with Gasteiger partial charge in [-0.2, -0.15) is 0 Å². The Labute approximate surface area is 104 Å². The van der Waals surface area contributed by atoms with Crippen LogP contribution in [0.25, 0.3) is 0 Å². The van der Waals surface area contributed by atoms with E-state index >= 15 is 0 Å². The molecule has 0 atom stereocenters. The van der Waals surface area contributed by atoms with Gasteiger partial charge >= 0.3 is 12.3 Å². The number of rotatable bonds is 4. The number of hydrogen-bond donors (Lipinski definition) is 1. The standard InChI is InChI=1S/C10H9F4NO4/c1-2-18-9(17)7-6(19-10(12,13)14)4-15-5(3-11)8(7)16/h4,16H,2-3H2,1H3. The molecular formula is C10H9F4NO4. The number of esters is 1. The van der Waals surface area contributed by atoms with Gasteiger partial charge in [0.05, 0.1) is 12.8 Å². The number of alkyl halides is 4. The molecule has 0 aliphatic rings. The normalized spacial score (nSPS) is 11.2. The number of carbonyl (C=O) groups excluding carboxylic acids is 1. The molecular weight excluding hydrogens is 274 g/mol. The molecule has 0 aliphatic carbocycles. The minimum absolute atomic E-state index is 0.142. The minimum atomic E-state index is -5.09. The predicted molar refractivity (Wildman–Crippen MR) is 53.4 cm³/mol. The zero-order valence-corrected chi connectivity index (χ0v) is 9.62. The van der Waals surface area contributed by atoms with E-state index in [-0.39, 0.29) is 6.61 Å². The Balaban J connectivity index is 3.30. The first kappa shape index (κ1) is 15.0. The fraction of sp³-hybridized carbons (Fsp3) is 0.400. The van der Waals surface area contributed by atoms with E-state index in [1.165, 1.54) is 6.92 Å². The van der Waals surface area contributed by atoms with E-state index in [9.17, 15) is 27.5 Å². The lowest BCUT2D eigenvalue weighted by atomic mass is 10.2. The van der Waals surface area contributed by atoms with Crippen LogP contribution in [0, 0.1) is 0 Å². The molecule has 0 spiro atoms. The number of aromatic hydroxyl groups is 1. The number of aromatic nitrogens is 1. The van der Waals surface area contributed by atoms with Crippen molar-refractivity contribution in [2.75, 3.05) is 6.61 Å². The van der Waals surface area contributed by atoms with E-state index in [4.69, 9.17) is 0 Å². The topological polar surface area (TPSA) is 68.7 Å². The van der Waals surface area contributed by atoms with Gasteiger partial charge in [0.25, 0.3) is 0 Å². The molecule has 1 aromatic heterocycles. The second-order valence-electron chi connectivity index (χ2n) is 3.19. The number of carbonyl (C=O) groups is 1. The number of pyridine rings is 1. The zero-order chi connectivity index (χ0) is 14.6. The average Bonchev–Trinajstić information content (AvgIpc) is 2.27. The third kappa shape index (κ3) is 3.70. The van der Waals surface area contributed by atoms with Gasteiger partial charge in [-0.15, -0.1) is 13.2 Å². The molecule has 0 amide bonds. The highest BCUT2D eigenvalue weighted by Crippen LogP contribution is 2.34. The molecule has 0 fully saturated rings. The summed E-state index contributed by atoms with van der Waals surface area (Å²) in [6.07, 6.45) is -4.60. The summed E-state index contributed by atoms with van der Waals surface area (Å²) in [5, 5.41) is 9.51. The van der Waals surface area contributed by atoms with E-state index in [1.807, 2.05) is 0 Å². The number of halogens is 4. The molecule has 0 radical (unpaired) electrons. The van der Waals surface area contributed by atoms with Crippen LogP contribution >= 0.6 is 0 Å². The van der Waals surface area contributed by atoms with E-state index in [2.05, 4.69) is 14.5 Å². The summed E-state index contributed by atoms with van der Waals surface area (Å²) >= 11 is 0. The van der Waals surface area contributed by atoms with Gasteiger partial charge in [-0.25, -0.2) is 9.18 Å². The highest BCUT2D eigenvalue weighted by Gasteiger charge is 2.35. The maximum atomic E-state index is 12.4. The molecule has 106 valence electrons. The molecule has 0 unspecified atom stereocenters. The van der Waals surface area contributed by atoms with Crippen LogP contribution < -0.4 is 4.74 Å². The first-order chi connectivity index (χ1) is 8.80. The van der Waals surface area contributed by atoms with Crippen LogP contribution in [-0.4, -0.2) is 29.0 Å². The Morgan fingerprint density at radius 1 is 1.47 bits per heavy atom. The Hall–Kier alpha value is -2.06. The number of nitrogens with zero attached hydrogens (tertiary/aromatic N) is 1. The highest BCUT2D eigenvalue weighted by molar-refractivity contribution is 5.95. The van der Waals surface area contributed by atoms with Gasteiger partial charge in [0.1, 0.15) is 17.9 Å². The predicted octanol–water partition coefficient (Wildman–Crippen LogP) is 2.33. The third-order valence-corrected chi connectivity index (χ3v) is 1.93. The molecule has 0 bridgehead atoms. The van der Waals surface area contributed by atoms with Crippen molar-refractivity contribution in [2.45, 2.75) is 20.0 Å². The van der Waals surface area contributed by atoms with Crippen LogP contribution in [0.1, 0.15) is 23.0 Å². The van der Waals surface area contributed by atoms with Crippen LogP contribution in [0.2, 0.25) is 0 Å². The van der Waals surface area contributed by atoms with E-state index < -0.39 is 41.8 Å². The second kappa shape index (κ2) is 5.72. The van der Waals surface area contributed by atoms with Gasteiger partial charge in [0.2, 0.25) is 0 Å². The monoisotopic (exact) mass is 283 g/mol. The lowest BCUT2D eigenvalue weighted by molar-refractivity contribution is -0.274. The van der Waals surface area contributed by atoms with Crippen LogP contribution in [0.5, 0.6) is 11.5 Å². The summed E-state index contributed by atoms with van der Waals surface area (Å²) in [6.45, 7) is 0.0119. The summed E-state index contributed by atoms with van der Waals surface area (Å²) < 4.78 is 56.8. The van der Waals surface area contributed by atoms with Gasteiger partial charge in [0, 0.05) is 0 Å². The van der Waals surface area contributed by atoms with Crippen molar-refractivity contribution in [1.82, 2.24) is 4.98 Å². The van der Waals surface area contributed by atoms with E-state index in [0.29, 0.717) is 6.20 Å². The van der Waals surface area contributed by atoms with Crippen LogP contribution in [-0.2, 0) is 11.4 Å². The molecule has 0 aromatic carbocycles. The summed E-state index contributed by atoms with van der Waals surface area (Å²) in [5.41, 5.74) is -1.50. The van der Waals surface area contributed by atoms with Gasteiger partial charge in [-0.3, -0.25) is 4.98 Å². The zero-order valence-electron chi connectivity index (χ0n) is 9.62. The lowest BCUT2D eigenvalue weighted by Gasteiger charge is -2.14. The number of hydrogen-bond acceptors (Lipinski definition) is 5. The Bertz CT molecular complexity index is 475. The van der Waals surface area contributed by atoms with E-state index in [0.717, 1.165) is 0 Å². The average molecular weight is 283 g/mol. The van der Waals surface area contributed by atoms with E-state index in [1.54, 1.807) is 0 Å². The van der Waals surface area contributed by atoms with Crippen molar-refractivity contribution in [3.05, 3.63) is 17.5 Å². The first-order valence-electron chi connectivity index (χ1n) is 4.99. The summed E-state index contributed by atoms with van der Waals surface area (Å²) in [6, 6.07) is 0. The molecule has 0 saturated heterocycles. The van der Waals surface area contributed by atoms with Crippen LogP contribution in [0.3, 0.4) is 0 Å². The SMILES string of the molecule is CCOC(=O)c1c(OC(F)(F)F)cnc(CF)c1O. The fourth-order valence-corrected chi connectivity index (χ4v) is 1.22. The summed E-state index contributed by atoms with van der Waals surface area (Å²) in [5.74, 6) is -3.36. The molecule has 1 rings (SSSR count). The quantitative estimate of drug-likeness (QED) is 0.678. The van der Waals surface area contributed by atoms with Crippen LogP contribution in [0.15, 0.2) is 6.20 Å². The van der Waals surface area contributed by atoms with Crippen molar-refractivity contribution in [3.63, 3.8) is 0 Å². The molecule has 0 saturated carbocycles. The van der Waals surface area contributed by atoms with Gasteiger partial charge < -0.3 is 14.6 Å². The summed E-state index contributed by atoms with van der Waals surface area (Å²) in [4.78, 5) is 14.7. The van der Waals surface area contributed by atoms with Crippen molar-refractivity contribution < 1.29 is 36.9 Å². The van der Waals surface area contributed by atoms with Crippen molar-refractivity contribution in [2.24, 2.45) is 0 Å². The molecule has 19 heavy (non-hydrogen) atoms. The smallest absolute Gasteiger partial charge is 0.505 e. The lowest BCUT2D eigenvalue weighted by Crippen LogP contribution is -2.20. The fourth-order valence-electron chi connectivity index (χ4n) is 1.22. The molecule has 9 heteroatoms. The largest absolute Gasteiger partial charge is 0.573 e. The molecule has 0 aliphatic heterocycles. The molecule has 1 aromatic rings. The second-order valence-corrected chi connectivity index (χ2v) is 3.19. The maximum absolute atomic E-state index is 12.4. The van der Waals surface area contributed by atoms with Crippen molar-refractivity contribution in [1.29, 1.82) is 0 Å². The van der Waals surface area contributed by atoms with Crippen LogP contribution in [0.4, 0.5) is 17.6 Å². The Kier molecular flexibility index (Phi) is 4.52. The Morgan fingerprint density at radius 3 is 2.58 bits per heavy atom. The minimum Gasteiger partial charge on any atom is -0.505 e. The van der Waals surface area contributed by atoms with Gasteiger partial charge in [-0.05, 0) is 6.92 Å². The summed E-state index contributed by atoms with van der Waals surface area (Å²) in [7, 11) is 0. The first-order valence-corrected chi connectivity index (χ1v) is 4.99. The van der Waals surface area contributed by atoms with Crippen molar-refractivity contribution >= 4 is 5.97 Å².